The Kier molecular flexibility index (Phi) is 8.64. The van der Waals surface area contributed by atoms with E-state index in [1.807, 2.05) is 28.8 Å². The summed E-state index contributed by atoms with van der Waals surface area (Å²) in [5.41, 5.74) is 1.82. The van der Waals surface area contributed by atoms with E-state index in [0.29, 0.717) is 29.1 Å². The first kappa shape index (κ1) is 25.2. The number of ether oxygens (including phenoxy) is 1. The zero-order chi connectivity index (χ0) is 24.7. The van der Waals surface area contributed by atoms with Crippen LogP contribution in [0.15, 0.2) is 53.7 Å². The second-order valence-electron chi connectivity index (χ2n) is 8.20. The number of benzene rings is 2. The third kappa shape index (κ3) is 6.57. The van der Waals surface area contributed by atoms with E-state index in [9.17, 15) is 14.9 Å². The van der Waals surface area contributed by atoms with Gasteiger partial charge in [-0.3, -0.25) is 14.9 Å². The molecule has 3 aromatic rings. The van der Waals surface area contributed by atoms with Crippen molar-refractivity contribution in [3.8, 4) is 5.75 Å². The molecule has 0 radical (unpaired) electrons. The predicted octanol–water partition coefficient (Wildman–Crippen LogP) is 4.74. The molecule has 0 atom stereocenters. The quantitative estimate of drug-likeness (QED) is 0.220. The molecule has 0 bridgehead atoms. The number of hydrogen-bond acceptors (Lipinski definition) is 7. The number of aromatic nitrogens is 3. The highest BCUT2D eigenvalue weighted by atomic mass is 32.2. The molecule has 1 aromatic heterocycles. The van der Waals surface area contributed by atoms with Crippen LogP contribution in [0.3, 0.4) is 0 Å². The first-order chi connectivity index (χ1) is 16.3. The average molecular weight is 484 g/mol. The molecule has 180 valence electrons. The number of carbonyl (C=O) groups is 1. The van der Waals surface area contributed by atoms with Gasteiger partial charge in [-0.15, -0.1) is 10.2 Å². The minimum absolute atomic E-state index is 0.0168. The van der Waals surface area contributed by atoms with Gasteiger partial charge >= 0.3 is 0 Å². The van der Waals surface area contributed by atoms with E-state index < -0.39 is 4.92 Å². The van der Waals surface area contributed by atoms with Crippen LogP contribution in [0.4, 0.5) is 11.4 Å². The highest BCUT2D eigenvalue weighted by Crippen LogP contribution is 2.23. The molecular formula is C24H29N5O4S. The van der Waals surface area contributed by atoms with Gasteiger partial charge in [-0.1, -0.05) is 44.7 Å². The Balaban J connectivity index is 1.65. The van der Waals surface area contributed by atoms with Gasteiger partial charge in [-0.25, -0.2) is 0 Å². The summed E-state index contributed by atoms with van der Waals surface area (Å²) in [5.74, 6) is 1.84. The Hall–Kier alpha value is -3.40. The molecule has 0 aliphatic carbocycles. The Morgan fingerprint density at radius 1 is 1.15 bits per heavy atom. The third-order valence-corrected chi connectivity index (χ3v) is 6.14. The van der Waals surface area contributed by atoms with Crippen LogP contribution in [0, 0.1) is 16.0 Å². The number of carbonyl (C=O) groups excluding carboxylic acids is 1. The summed E-state index contributed by atoms with van der Waals surface area (Å²) in [6, 6.07) is 13.9. The Morgan fingerprint density at radius 3 is 2.41 bits per heavy atom. The number of thioether (sulfide) groups is 1. The smallest absolute Gasteiger partial charge is 0.269 e. The van der Waals surface area contributed by atoms with E-state index in [2.05, 4.69) is 31.0 Å². The SMILES string of the molecule is CCc1ccc(OCc2nnc(SCC(=O)N(C)c3ccc([N+](=O)[O-])cc3)n2CC(C)C)cc1. The molecule has 10 heteroatoms. The van der Waals surface area contributed by atoms with E-state index >= 15 is 0 Å². The summed E-state index contributed by atoms with van der Waals surface area (Å²) in [6.07, 6.45) is 0.974. The fourth-order valence-corrected chi connectivity index (χ4v) is 4.10. The van der Waals surface area contributed by atoms with Gasteiger partial charge in [0.2, 0.25) is 5.91 Å². The largest absolute Gasteiger partial charge is 0.486 e. The number of amides is 1. The minimum Gasteiger partial charge on any atom is -0.486 e. The molecule has 9 nitrogen and oxygen atoms in total. The topological polar surface area (TPSA) is 103 Å². The Labute approximate surface area is 203 Å². The summed E-state index contributed by atoms with van der Waals surface area (Å²) in [6.45, 7) is 7.31. The number of rotatable bonds is 11. The number of aryl methyl sites for hydroxylation is 1. The second kappa shape index (κ2) is 11.6. The number of anilines is 1. The van der Waals surface area contributed by atoms with Crippen LogP contribution < -0.4 is 9.64 Å². The van der Waals surface area contributed by atoms with Gasteiger partial charge in [0.05, 0.1) is 10.7 Å². The van der Waals surface area contributed by atoms with Crippen molar-refractivity contribution >= 4 is 29.0 Å². The highest BCUT2D eigenvalue weighted by molar-refractivity contribution is 7.99. The van der Waals surface area contributed by atoms with Gasteiger partial charge in [0, 0.05) is 31.4 Å². The van der Waals surface area contributed by atoms with E-state index in [-0.39, 0.29) is 24.0 Å². The van der Waals surface area contributed by atoms with Crippen LogP contribution in [0.1, 0.15) is 32.2 Å². The van der Waals surface area contributed by atoms with Crippen molar-refractivity contribution in [2.75, 3.05) is 17.7 Å². The van der Waals surface area contributed by atoms with Crippen molar-refractivity contribution in [3.05, 3.63) is 70.0 Å². The second-order valence-corrected chi connectivity index (χ2v) is 9.15. The van der Waals surface area contributed by atoms with Gasteiger partial charge < -0.3 is 14.2 Å². The number of nitrogens with zero attached hydrogens (tertiary/aromatic N) is 5. The van der Waals surface area contributed by atoms with E-state index in [1.54, 1.807) is 19.2 Å². The maximum atomic E-state index is 12.7. The van der Waals surface area contributed by atoms with Crippen LogP contribution in [-0.2, 0) is 24.4 Å². The van der Waals surface area contributed by atoms with Crippen molar-refractivity contribution in [2.24, 2.45) is 5.92 Å². The minimum atomic E-state index is -0.468. The van der Waals surface area contributed by atoms with Crippen molar-refractivity contribution in [3.63, 3.8) is 0 Å². The van der Waals surface area contributed by atoms with Crippen LogP contribution >= 0.6 is 11.8 Å². The molecule has 1 heterocycles. The normalized spacial score (nSPS) is 11.0. The molecular weight excluding hydrogens is 454 g/mol. The standard InChI is InChI=1S/C24H29N5O4S/c1-5-18-6-12-21(13-7-18)33-15-22-25-26-24(28(22)14-17(2)3)34-16-23(30)27(4)19-8-10-20(11-9-19)29(31)32/h6-13,17H,5,14-16H2,1-4H3. The summed E-state index contributed by atoms with van der Waals surface area (Å²) in [7, 11) is 1.64. The lowest BCUT2D eigenvalue weighted by Gasteiger charge is -2.17. The lowest BCUT2D eigenvalue weighted by Crippen LogP contribution is -2.28. The number of hydrogen-bond donors (Lipinski definition) is 0. The molecule has 0 aliphatic rings. The van der Waals surface area contributed by atoms with Crippen molar-refractivity contribution in [1.82, 2.24) is 14.8 Å². The van der Waals surface area contributed by atoms with E-state index in [1.165, 1.54) is 34.4 Å². The van der Waals surface area contributed by atoms with Gasteiger partial charge in [0.15, 0.2) is 11.0 Å². The molecule has 2 aromatic carbocycles. The summed E-state index contributed by atoms with van der Waals surface area (Å²) in [4.78, 5) is 24.6. The first-order valence-electron chi connectivity index (χ1n) is 11.1. The molecule has 0 spiro atoms. The molecule has 1 amide bonds. The lowest BCUT2D eigenvalue weighted by atomic mass is 10.2. The van der Waals surface area contributed by atoms with Gasteiger partial charge in [-0.05, 0) is 42.2 Å². The van der Waals surface area contributed by atoms with Gasteiger partial charge in [0.25, 0.3) is 5.69 Å². The maximum Gasteiger partial charge on any atom is 0.269 e. The van der Waals surface area contributed by atoms with Gasteiger partial charge in [0.1, 0.15) is 12.4 Å². The highest BCUT2D eigenvalue weighted by Gasteiger charge is 2.18. The summed E-state index contributed by atoms with van der Waals surface area (Å²) < 4.78 is 7.91. The van der Waals surface area contributed by atoms with E-state index in [4.69, 9.17) is 4.74 Å². The van der Waals surface area contributed by atoms with Crippen LogP contribution in [0.25, 0.3) is 0 Å². The third-order valence-electron chi connectivity index (χ3n) is 5.19. The van der Waals surface area contributed by atoms with Crippen molar-refractivity contribution < 1.29 is 14.5 Å². The monoisotopic (exact) mass is 483 g/mol. The number of nitro groups is 1. The molecule has 0 fully saturated rings. The Morgan fingerprint density at radius 2 is 1.82 bits per heavy atom. The molecule has 0 saturated heterocycles. The molecule has 3 rings (SSSR count). The van der Waals surface area contributed by atoms with Crippen LogP contribution in [-0.4, -0.2) is 38.4 Å². The van der Waals surface area contributed by atoms with Crippen LogP contribution in [0.5, 0.6) is 5.75 Å². The number of non-ortho nitro benzene ring substituents is 1. The zero-order valence-electron chi connectivity index (χ0n) is 19.8. The average Bonchev–Trinajstić information content (AvgIpc) is 3.21. The maximum absolute atomic E-state index is 12.7. The summed E-state index contributed by atoms with van der Waals surface area (Å²) >= 11 is 1.31. The molecule has 0 N–H and O–H groups in total. The van der Waals surface area contributed by atoms with Crippen molar-refractivity contribution in [2.45, 2.75) is 45.5 Å². The fraction of sp³-hybridized carbons (Fsp3) is 0.375. The first-order valence-corrected chi connectivity index (χ1v) is 12.0. The lowest BCUT2D eigenvalue weighted by molar-refractivity contribution is -0.384. The number of nitro benzene ring substituents is 1. The zero-order valence-corrected chi connectivity index (χ0v) is 20.6. The molecule has 0 aliphatic heterocycles. The Bertz CT molecular complexity index is 1110. The van der Waals surface area contributed by atoms with E-state index in [0.717, 1.165) is 12.2 Å². The molecule has 34 heavy (non-hydrogen) atoms. The molecule has 0 saturated carbocycles. The summed E-state index contributed by atoms with van der Waals surface area (Å²) in [5, 5.41) is 20.1. The molecule has 0 unspecified atom stereocenters. The van der Waals surface area contributed by atoms with Crippen LogP contribution in [0.2, 0.25) is 0 Å². The van der Waals surface area contributed by atoms with Crippen molar-refractivity contribution in [1.29, 1.82) is 0 Å². The van der Waals surface area contributed by atoms with Gasteiger partial charge in [-0.2, -0.15) is 0 Å². The fourth-order valence-electron chi connectivity index (χ4n) is 3.22. The predicted molar refractivity (Wildman–Crippen MR) is 132 cm³/mol.